The van der Waals surface area contributed by atoms with Crippen molar-refractivity contribution < 1.29 is 21.9 Å². The van der Waals surface area contributed by atoms with Gasteiger partial charge in [-0.05, 0) is 46.5 Å². The molecular weight excluding hydrogens is 364 g/mol. The maximum absolute atomic E-state index is 13.3. The van der Waals surface area contributed by atoms with Crippen LogP contribution in [0, 0.1) is 11.6 Å². The summed E-state index contributed by atoms with van der Waals surface area (Å²) < 4.78 is 58.7. The molecule has 3 rings (SSSR count). The lowest BCUT2D eigenvalue weighted by molar-refractivity contribution is 0.134. The monoisotopic (exact) mass is 387 g/mol. The van der Waals surface area contributed by atoms with Gasteiger partial charge in [-0.2, -0.15) is 4.98 Å². The van der Waals surface area contributed by atoms with Crippen LogP contribution in [0.5, 0.6) is 6.01 Å². The number of fused-ring (bicyclic) bond motifs is 1. The van der Waals surface area contributed by atoms with E-state index in [1.54, 1.807) is 20.8 Å². The smallest absolute Gasteiger partial charge is 0.294 e. The molecule has 0 atom stereocenters. The lowest BCUT2D eigenvalue weighted by atomic mass is 9.94. The minimum atomic E-state index is -3.38. The van der Waals surface area contributed by atoms with Crippen molar-refractivity contribution in [3.63, 3.8) is 0 Å². The van der Waals surface area contributed by atoms with Crippen molar-refractivity contribution in [1.29, 1.82) is 0 Å². The largest absolute Gasteiger partial charge is 0.461 e. The molecule has 0 aliphatic heterocycles. The predicted octanol–water partition coefficient (Wildman–Crippen LogP) is 3.25. The highest BCUT2D eigenvalue weighted by Crippen LogP contribution is 2.26. The average Bonchev–Trinajstić information content (AvgIpc) is 2.89. The van der Waals surface area contributed by atoms with Crippen molar-refractivity contribution in [1.82, 2.24) is 14.7 Å². The van der Waals surface area contributed by atoms with Gasteiger partial charge in [0, 0.05) is 18.2 Å². The molecule has 0 spiro atoms. The molecule has 6 nitrogen and oxygen atoms in total. The quantitative estimate of drug-likeness (QED) is 0.844. The molecule has 1 aromatic carbocycles. The van der Waals surface area contributed by atoms with Gasteiger partial charge in [0.15, 0.2) is 11.6 Å². The van der Waals surface area contributed by atoms with Gasteiger partial charge in [-0.1, -0.05) is 0 Å². The van der Waals surface area contributed by atoms with Crippen LogP contribution in [-0.2, 0) is 10.0 Å². The van der Waals surface area contributed by atoms with Crippen molar-refractivity contribution in [2.75, 3.05) is 0 Å². The molecule has 1 heterocycles. The molecule has 0 bridgehead atoms. The van der Waals surface area contributed by atoms with E-state index >= 15 is 0 Å². The SMILES string of the molecule is CC(C)(C)S(=O)(=O)NC1CCC(Oc2nc3cc(F)c(F)cc3[nH]2)CC1. The van der Waals surface area contributed by atoms with Gasteiger partial charge in [0.25, 0.3) is 6.01 Å². The number of nitrogens with zero attached hydrogens (tertiary/aromatic N) is 1. The first-order valence-electron chi connectivity index (χ1n) is 8.58. The van der Waals surface area contributed by atoms with Gasteiger partial charge in [-0.25, -0.2) is 21.9 Å². The minimum Gasteiger partial charge on any atom is -0.461 e. The molecule has 2 aromatic rings. The minimum absolute atomic E-state index is 0.113. The van der Waals surface area contributed by atoms with Crippen LogP contribution < -0.4 is 9.46 Å². The van der Waals surface area contributed by atoms with Gasteiger partial charge < -0.3 is 9.72 Å². The van der Waals surface area contributed by atoms with Gasteiger partial charge in [0.1, 0.15) is 6.10 Å². The Kier molecular flexibility index (Phi) is 4.96. The predicted molar refractivity (Wildman–Crippen MR) is 94.5 cm³/mol. The highest BCUT2D eigenvalue weighted by molar-refractivity contribution is 7.90. The van der Waals surface area contributed by atoms with Gasteiger partial charge in [0.2, 0.25) is 10.0 Å². The van der Waals surface area contributed by atoms with E-state index in [4.69, 9.17) is 4.74 Å². The summed E-state index contributed by atoms with van der Waals surface area (Å²) in [6.07, 6.45) is 2.52. The number of halogens is 2. The molecule has 0 saturated heterocycles. The van der Waals surface area contributed by atoms with Crippen LogP contribution in [-0.4, -0.2) is 35.3 Å². The van der Waals surface area contributed by atoms with Crippen molar-refractivity contribution in [3.05, 3.63) is 23.8 Å². The number of H-pyrrole nitrogens is 1. The Hall–Kier alpha value is -1.74. The van der Waals surface area contributed by atoms with E-state index in [2.05, 4.69) is 14.7 Å². The Labute approximate surface area is 151 Å². The number of nitrogens with one attached hydrogen (secondary N) is 2. The number of imidazole rings is 1. The standard InChI is InChI=1S/C17H23F2N3O3S/c1-17(2,3)26(23,24)22-10-4-6-11(7-5-10)25-16-20-14-8-12(18)13(19)9-15(14)21-16/h8-11,22H,4-7H2,1-3H3,(H,20,21). The van der Waals surface area contributed by atoms with E-state index < -0.39 is 26.4 Å². The Morgan fingerprint density at radius 1 is 1.15 bits per heavy atom. The summed E-state index contributed by atoms with van der Waals surface area (Å²) >= 11 is 0. The first-order chi connectivity index (χ1) is 12.0. The Morgan fingerprint density at radius 2 is 1.77 bits per heavy atom. The second-order valence-corrected chi connectivity index (χ2v) is 10.1. The first kappa shape index (κ1) is 19.0. The zero-order chi connectivity index (χ0) is 19.1. The van der Waals surface area contributed by atoms with Gasteiger partial charge >= 0.3 is 0 Å². The molecule has 26 heavy (non-hydrogen) atoms. The lowest BCUT2D eigenvalue weighted by Gasteiger charge is -2.31. The Balaban J connectivity index is 1.59. The highest BCUT2D eigenvalue weighted by Gasteiger charge is 2.33. The van der Waals surface area contributed by atoms with E-state index in [9.17, 15) is 17.2 Å². The third-order valence-corrected chi connectivity index (χ3v) is 6.84. The fraction of sp³-hybridized carbons (Fsp3) is 0.588. The number of benzene rings is 1. The van der Waals surface area contributed by atoms with Crippen molar-refractivity contribution in [2.45, 2.75) is 63.3 Å². The number of rotatable bonds is 4. The summed E-state index contributed by atoms with van der Waals surface area (Å²) in [5, 5.41) is 0. The molecule has 144 valence electrons. The number of ether oxygens (including phenoxy) is 1. The molecule has 1 saturated carbocycles. The van der Waals surface area contributed by atoms with Crippen LogP contribution >= 0.6 is 0 Å². The van der Waals surface area contributed by atoms with Gasteiger partial charge in [-0.15, -0.1) is 0 Å². The number of aromatic nitrogens is 2. The second-order valence-electron chi connectivity index (χ2n) is 7.65. The number of sulfonamides is 1. The zero-order valence-corrected chi connectivity index (χ0v) is 15.8. The van der Waals surface area contributed by atoms with Crippen LogP contribution in [0.4, 0.5) is 8.78 Å². The third-order valence-electron chi connectivity index (χ3n) is 4.58. The molecule has 0 amide bonds. The molecule has 2 N–H and O–H groups in total. The zero-order valence-electron chi connectivity index (χ0n) is 15.0. The normalized spacial score (nSPS) is 21.9. The van der Waals surface area contributed by atoms with Crippen LogP contribution in [0.15, 0.2) is 12.1 Å². The Morgan fingerprint density at radius 3 is 2.38 bits per heavy atom. The molecule has 0 radical (unpaired) electrons. The fourth-order valence-electron chi connectivity index (χ4n) is 2.89. The maximum atomic E-state index is 13.3. The summed E-state index contributed by atoms with van der Waals surface area (Å²) in [4.78, 5) is 6.95. The number of hydrogen-bond acceptors (Lipinski definition) is 4. The van der Waals surface area contributed by atoms with E-state index in [1.807, 2.05) is 0 Å². The molecule has 1 aliphatic carbocycles. The van der Waals surface area contributed by atoms with Crippen LogP contribution in [0.2, 0.25) is 0 Å². The molecule has 1 aromatic heterocycles. The highest BCUT2D eigenvalue weighted by atomic mass is 32.2. The van der Waals surface area contributed by atoms with E-state index in [0.29, 0.717) is 36.7 Å². The fourth-order valence-corrected chi connectivity index (χ4v) is 3.92. The number of aromatic amines is 1. The van der Waals surface area contributed by atoms with Crippen molar-refractivity contribution in [2.24, 2.45) is 0 Å². The average molecular weight is 387 g/mol. The van der Waals surface area contributed by atoms with Crippen molar-refractivity contribution >= 4 is 21.1 Å². The third kappa shape index (κ3) is 3.98. The van der Waals surface area contributed by atoms with Crippen LogP contribution in [0.3, 0.4) is 0 Å². The summed E-state index contributed by atoms with van der Waals surface area (Å²) in [6.45, 7) is 4.99. The van der Waals surface area contributed by atoms with E-state index in [0.717, 1.165) is 12.1 Å². The topological polar surface area (TPSA) is 84.1 Å². The van der Waals surface area contributed by atoms with E-state index in [-0.39, 0.29) is 18.2 Å². The summed E-state index contributed by atoms with van der Waals surface area (Å²) in [7, 11) is -3.38. The van der Waals surface area contributed by atoms with Crippen LogP contribution in [0.1, 0.15) is 46.5 Å². The molecule has 0 unspecified atom stereocenters. The van der Waals surface area contributed by atoms with E-state index in [1.165, 1.54) is 0 Å². The Bertz CT molecular complexity index is 859. The molecule has 1 fully saturated rings. The van der Waals surface area contributed by atoms with Gasteiger partial charge in [0.05, 0.1) is 15.8 Å². The molecular formula is C17H23F2N3O3S. The molecule has 9 heteroatoms. The molecule has 1 aliphatic rings. The summed E-state index contributed by atoms with van der Waals surface area (Å²) in [6, 6.07) is 2.16. The number of hydrogen-bond donors (Lipinski definition) is 2. The summed E-state index contributed by atoms with van der Waals surface area (Å²) in [5.74, 6) is -1.90. The van der Waals surface area contributed by atoms with Crippen LogP contribution in [0.25, 0.3) is 11.0 Å². The summed E-state index contributed by atoms with van der Waals surface area (Å²) in [5.41, 5.74) is 0.663. The van der Waals surface area contributed by atoms with Gasteiger partial charge in [-0.3, -0.25) is 0 Å². The first-order valence-corrected chi connectivity index (χ1v) is 10.1. The van der Waals surface area contributed by atoms with Crippen molar-refractivity contribution in [3.8, 4) is 6.01 Å². The lowest BCUT2D eigenvalue weighted by Crippen LogP contribution is -2.46. The second kappa shape index (κ2) is 6.77. The maximum Gasteiger partial charge on any atom is 0.294 e.